The highest BCUT2D eigenvalue weighted by molar-refractivity contribution is 7.89. The summed E-state index contributed by atoms with van der Waals surface area (Å²) >= 11 is 0. The van der Waals surface area contributed by atoms with Gasteiger partial charge < -0.3 is 5.11 Å². The Balaban J connectivity index is 2.55. The van der Waals surface area contributed by atoms with Crippen molar-refractivity contribution in [1.82, 2.24) is 4.72 Å². The third-order valence-corrected chi connectivity index (χ3v) is 3.78. The lowest BCUT2D eigenvalue weighted by molar-refractivity contribution is 0.182. The maximum Gasteiger partial charge on any atom is 0.211 e. The van der Waals surface area contributed by atoms with Gasteiger partial charge in [-0.25, -0.2) is 17.5 Å². The Hall–Kier alpha value is -0.980. The third-order valence-electron chi connectivity index (χ3n) is 2.22. The Morgan fingerprint density at radius 2 is 1.94 bits per heavy atom. The van der Waals surface area contributed by atoms with E-state index in [4.69, 9.17) is 0 Å². The number of sulfonamides is 1. The fraction of sp³-hybridized carbons (Fsp3) is 0.455. The van der Waals surface area contributed by atoms with Crippen LogP contribution in [0.25, 0.3) is 0 Å². The SMILES string of the molecule is CCCS(=O)(=O)NCC(O)c1ccc(F)cc1. The molecule has 0 heterocycles. The number of aliphatic hydroxyl groups is 1. The topological polar surface area (TPSA) is 66.4 Å². The van der Waals surface area contributed by atoms with Crippen LogP contribution in [0.3, 0.4) is 0 Å². The van der Waals surface area contributed by atoms with Crippen molar-refractivity contribution in [2.75, 3.05) is 12.3 Å². The Morgan fingerprint density at radius 3 is 2.47 bits per heavy atom. The van der Waals surface area contributed by atoms with Crippen molar-refractivity contribution in [3.05, 3.63) is 35.6 Å². The lowest BCUT2D eigenvalue weighted by atomic mass is 10.1. The van der Waals surface area contributed by atoms with E-state index in [0.717, 1.165) is 0 Å². The van der Waals surface area contributed by atoms with E-state index in [1.165, 1.54) is 24.3 Å². The molecule has 2 N–H and O–H groups in total. The van der Waals surface area contributed by atoms with Crippen molar-refractivity contribution in [2.24, 2.45) is 0 Å². The van der Waals surface area contributed by atoms with Gasteiger partial charge in [-0.05, 0) is 24.1 Å². The van der Waals surface area contributed by atoms with Gasteiger partial charge in [0.25, 0.3) is 0 Å². The molecule has 4 nitrogen and oxygen atoms in total. The Labute approximate surface area is 101 Å². The van der Waals surface area contributed by atoms with Gasteiger partial charge in [-0.15, -0.1) is 0 Å². The van der Waals surface area contributed by atoms with Gasteiger partial charge in [0.1, 0.15) is 5.82 Å². The van der Waals surface area contributed by atoms with Gasteiger partial charge >= 0.3 is 0 Å². The first-order valence-corrected chi connectivity index (χ1v) is 7.00. The number of hydrogen-bond acceptors (Lipinski definition) is 3. The fourth-order valence-corrected chi connectivity index (χ4v) is 2.44. The molecular weight excluding hydrogens is 245 g/mol. The van der Waals surface area contributed by atoms with Crippen LogP contribution in [0, 0.1) is 5.82 Å². The van der Waals surface area contributed by atoms with E-state index < -0.39 is 21.9 Å². The number of benzene rings is 1. The van der Waals surface area contributed by atoms with Crippen molar-refractivity contribution >= 4 is 10.0 Å². The molecule has 0 fully saturated rings. The number of hydrogen-bond donors (Lipinski definition) is 2. The summed E-state index contributed by atoms with van der Waals surface area (Å²) in [4.78, 5) is 0. The van der Waals surface area contributed by atoms with Crippen LogP contribution in [0.2, 0.25) is 0 Å². The summed E-state index contributed by atoms with van der Waals surface area (Å²) in [5.41, 5.74) is 0.477. The zero-order chi connectivity index (χ0) is 12.9. The van der Waals surface area contributed by atoms with Crippen LogP contribution in [0.5, 0.6) is 0 Å². The van der Waals surface area contributed by atoms with Crippen LogP contribution in [0.4, 0.5) is 4.39 Å². The number of nitrogens with one attached hydrogen (secondary N) is 1. The predicted molar refractivity (Wildman–Crippen MR) is 63.4 cm³/mol. The maximum absolute atomic E-state index is 12.6. The zero-order valence-electron chi connectivity index (χ0n) is 9.56. The first-order valence-electron chi connectivity index (χ1n) is 5.35. The summed E-state index contributed by atoms with van der Waals surface area (Å²) in [7, 11) is -3.33. The van der Waals surface area contributed by atoms with Gasteiger partial charge in [0.15, 0.2) is 0 Å². The average Bonchev–Trinajstić information content (AvgIpc) is 2.27. The monoisotopic (exact) mass is 261 g/mol. The third kappa shape index (κ3) is 4.80. The molecule has 0 radical (unpaired) electrons. The predicted octanol–water partition coefficient (Wildman–Crippen LogP) is 1.19. The second-order valence-corrected chi connectivity index (χ2v) is 5.66. The Bertz CT molecular complexity index is 444. The molecule has 0 amide bonds. The maximum atomic E-state index is 12.6. The van der Waals surface area contributed by atoms with Crippen molar-refractivity contribution < 1.29 is 17.9 Å². The highest BCUT2D eigenvalue weighted by Gasteiger charge is 2.13. The summed E-state index contributed by atoms with van der Waals surface area (Å²) in [6.07, 6.45) is -0.454. The second kappa shape index (κ2) is 6.09. The molecule has 1 rings (SSSR count). The normalized spacial score (nSPS) is 13.6. The zero-order valence-corrected chi connectivity index (χ0v) is 10.4. The van der Waals surface area contributed by atoms with Crippen LogP contribution < -0.4 is 4.72 Å². The van der Waals surface area contributed by atoms with Crippen LogP contribution in [0.1, 0.15) is 25.0 Å². The summed E-state index contributed by atoms with van der Waals surface area (Å²) in [5, 5.41) is 9.69. The largest absolute Gasteiger partial charge is 0.387 e. The van der Waals surface area contributed by atoms with Gasteiger partial charge in [0.2, 0.25) is 10.0 Å². The molecule has 0 saturated carbocycles. The molecule has 96 valence electrons. The number of halogens is 1. The molecule has 17 heavy (non-hydrogen) atoms. The fourth-order valence-electron chi connectivity index (χ4n) is 1.35. The molecular formula is C11H16FNO3S. The van der Waals surface area contributed by atoms with E-state index in [9.17, 15) is 17.9 Å². The van der Waals surface area contributed by atoms with E-state index in [1.54, 1.807) is 6.92 Å². The molecule has 1 aromatic carbocycles. The van der Waals surface area contributed by atoms with Gasteiger partial charge in [0.05, 0.1) is 11.9 Å². The van der Waals surface area contributed by atoms with Gasteiger partial charge in [-0.1, -0.05) is 19.1 Å². The number of aliphatic hydroxyl groups excluding tert-OH is 1. The number of rotatable bonds is 6. The molecule has 1 aromatic rings. The molecule has 0 bridgehead atoms. The molecule has 0 aromatic heterocycles. The molecule has 0 aliphatic heterocycles. The first-order chi connectivity index (χ1) is 7.94. The van der Waals surface area contributed by atoms with Crippen LogP contribution >= 0.6 is 0 Å². The van der Waals surface area contributed by atoms with Crippen molar-refractivity contribution in [3.8, 4) is 0 Å². The van der Waals surface area contributed by atoms with E-state index >= 15 is 0 Å². The van der Waals surface area contributed by atoms with Gasteiger partial charge in [0, 0.05) is 6.54 Å². The molecule has 6 heteroatoms. The van der Waals surface area contributed by atoms with E-state index in [1.807, 2.05) is 0 Å². The lowest BCUT2D eigenvalue weighted by Crippen LogP contribution is -2.30. The quantitative estimate of drug-likeness (QED) is 0.808. The summed E-state index contributed by atoms with van der Waals surface area (Å²) in [6, 6.07) is 5.29. The summed E-state index contributed by atoms with van der Waals surface area (Å²) in [6.45, 7) is 1.66. The first kappa shape index (κ1) is 14.1. The Kier molecular flexibility index (Phi) is 5.04. The lowest BCUT2D eigenvalue weighted by Gasteiger charge is -2.12. The van der Waals surface area contributed by atoms with Crippen molar-refractivity contribution in [2.45, 2.75) is 19.4 Å². The summed E-state index contributed by atoms with van der Waals surface area (Å²) < 4.78 is 37.6. The second-order valence-electron chi connectivity index (χ2n) is 3.73. The minimum atomic E-state index is -3.33. The molecule has 0 aliphatic rings. The van der Waals surface area contributed by atoms with Crippen LogP contribution in [-0.2, 0) is 10.0 Å². The van der Waals surface area contributed by atoms with Crippen molar-refractivity contribution in [1.29, 1.82) is 0 Å². The van der Waals surface area contributed by atoms with Gasteiger partial charge in [-0.2, -0.15) is 0 Å². The molecule has 1 unspecified atom stereocenters. The highest BCUT2D eigenvalue weighted by Crippen LogP contribution is 2.12. The minimum absolute atomic E-state index is 0.0309. The standard InChI is InChI=1S/C11H16FNO3S/c1-2-7-17(15,16)13-8-11(14)9-3-5-10(12)6-4-9/h3-6,11,13-14H,2,7-8H2,1H3. The van der Waals surface area contributed by atoms with Crippen LogP contribution in [-0.4, -0.2) is 25.8 Å². The minimum Gasteiger partial charge on any atom is -0.387 e. The highest BCUT2D eigenvalue weighted by atomic mass is 32.2. The van der Waals surface area contributed by atoms with E-state index in [2.05, 4.69) is 4.72 Å². The smallest absolute Gasteiger partial charge is 0.211 e. The van der Waals surface area contributed by atoms with Crippen molar-refractivity contribution in [3.63, 3.8) is 0 Å². The molecule has 1 atom stereocenters. The molecule has 0 spiro atoms. The van der Waals surface area contributed by atoms with E-state index in [-0.39, 0.29) is 12.3 Å². The van der Waals surface area contributed by atoms with Crippen LogP contribution in [0.15, 0.2) is 24.3 Å². The Morgan fingerprint density at radius 1 is 1.35 bits per heavy atom. The average molecular weight is 261 g/mol. The van der Waals surface area contributed by atoms with Gasteiger partial charge in [-0.3, -0.25) is 0 Å². The molecule has 0 aliphatic carbocycles. The molecule has 0 saturated heterocycles. The van der Waals surface area contributed by atoms with E-state index in [0.29, 0.717) is 12.0 Å². The summed E-state index contributed by atoms with van der Waals surface area (Å²) in [5.74, 6) is -0.365.